The Morgan fingerprint density at radius 1 is 1.17 bits per heavy atom. The summed E-state index contributed by atoms with van der Waals surface area (Å²) in [6.45, 7) is 1.82. The van der Waals surface area contributed by atoms with E-state index in [0.717, 1.165) is 33.3 Å². The van der Waals surface area contributed by atoms with Gasteiger partial charge in [-0.05, 0) is 70.8 Å². The summed E-state index contributed by atoms with van der Waals surface area (Å²) in [4.78, 5) is 15.0. The van der Waals surface area contributed by atoms with Gasteiger partial charge in [0.25, 0.3) is 0 Å². The van der Waals surface area contributed by atoms with Crippen LogP contribution in [0.2, 0.25) is 0 Å². The third kappa shape index (κ3) is 5.69. The second-order valence-corrected chi connectivity index (χ2v) is 8.16. The lowest BCUT2D eigenvalue weighted by molar-refractivity contribution is -0.137. The third-order valence-corrected chi connectivity index (χ3v) is 5.38. The molecule has 0 aliphatic rings. The Bertz CT molecular complexity index is 990. The number of rotatable bonds is 6. The van der Waals surface area contributed by atoms with Crippen LogP contribution in [0.25, 0.3) is 5.69 Å². The molecule has 0 radical (unpaired) electrons. The summed E-state index contributed by atoms with van der Waals surface area (Å²) in [6.07, 6.45) is -3.19. The minimum absolute atomic E-state index is 0.145. The van der Waals surface area contributed by atoms with Crippen molar-refractivity contribution >= 4 is 40.3 Å². The van der Waals surface area contributed by atoms with Crippen molar-refractivity contribution in [1.29, 1.82) is 0 Å². The molecular weight excluding hydrogens is 518 g/mol. The predicted molar refractivity (Wildman–Crippen MR) is 110 cm³/mol. The van der Waals surface area contributed by atoms with Crippen molar-refractivity contribution in [3.8, 4) is 5.69 Å². The van der Waals surface area contributed by atoms with Gasteiger partial charge in [-0.25, -0.2) is 4.98 Å². The summed E-state index contributed by atoms with van der Waals surface area (Å²) in [5, 5.41) is 11.9. The van der Waals surface area contributed by atoms with E-state index in [1.54, 1.807) is 0 Å². The zero-order valence-electron chi connectivity index (χ0n) is 15.1. The van der Waals surface area contributed by atoms with Crippen LogP contribution >= 0.6 is 34.4 Å². The summed E-state index contributed by atoms with van der Waals surface area (Å²) >= 11 is 3.31. The lowest BCUT2D eigenvalue weighted by atomic mass is 10.3. The molecule has 0 aliphatic carbocycles. The minimum Gasteiger partial charge on any atom is -0.356 e. The largest absolute Gasteiger partial charge is 0.417 e. The molecule has 0 saturated carbocycles. The molecule has 6 nitrogen and oxygen atoms in total. The molecule has 1 N–H and O–H groups in total. The molecule has 0 spiro atoms. The predicted octanol–water partition coefficient (Wildman–Crippen LogP) is 4.12. The van der Waals surface area contributed by atoms with Crippen LogP contribution in [-0.2, 0) is 17.4 Å². The monoisotopic (exact) mass is 533 g/mol. The van der Waals surface area contributed by atoms with Gasteiger partial charge >= 0.3 is 6.18 Å². The molecule has 0 saturated heterocycles. The maximum absolute atomic E-state index is 12.7. The van der Waals surface area contributed by atoms with Crippen molar-refractivity contribution in [3.05, 3.63) is 57.6 Å². The molecule has 1 amide bonds. The molecule has 29 heavy (non-hydrogen) atoms. The highest BCUT2D eigenvalue weighted by Crippen LogP contribution is 2.32. The standard InChI is InChI=1S/C18H15F3IN5OS/c1-11(28)23-9-8-15-25-26-17(27(15)14-5-3-13(22)4-6-14)29-16-7-2-12(10-24-16)18(19,20)21/h2-7,10H,8-9H2,1H3,(H,23,28). The third-order valence-electron chi connectivity index (χ3n) is 3.77. The highest BCUT2D eigenvalue weighted by Gasteiger charge is 2.30. The lowest BCUT2D eigenvalue weighted by Crippen LogP contribution is -2.23. The zero-order valence-corrected chi connectivity index (χ0v) is 18.0. The molecule has 3 aromatic rings. The maximum atomic E-state index is 12.7. The van der Waals surface area contributed by atoms with E-state index in [9.17, 15) is 18.0 Å². The summed E-state index contributed by atoms with van der Waals surface area (Å²) < 4.78 is 41.1. The van der Waals surface area contributed by atoms with E-state index in [-0.39, 0.29) is 5.91 Å². The number of nitrogens with zero attached hydrogens (tertiary/aromatic N) is 4. The van der Waals surface area contributed by atoms with Crippen molar-refractivity contribution < 1.29 is 18.0 Å². The Kier molecular flexibility index (Phi) is 6.77. The van der Waals surface area contributed by atoms with Crippen LogP contribution in [0.5, 0.6) is 0 Å². The molecule has 0 atom stereocenters. The number of carbonyl (C=O) groups is 1. The fourth-order valence-electron chi connectivity index (χ4n) is 2.43. The SMILES string of the molecule is CC(=O)NCCc1nnc(Sc2ccc(C(F)(F)F)cn2)n1-c1ccc(I)cc1. The van der Waals surface area contributed by atoms with Gasteiger partial charge in [0.05, 0.1) is 5.56 Å². The van der Waals surface area contributed by atoms with Gasteiger partial charge < -0.3 is 5.32 Å². The van der Waals surface area contributed by atoms with E-state index in [2.05, 4.69) is 43.1 Å². The van der Waals surface area contributed by atoms with Gasteiger partial charge in [0, 0.05) is 35.3 Å². The number of halogens is 4. The Morgan fingerprint density at radius 2 is 1.90 bits per heavy atom. The quantitative estimate of drug-likeness (QED) is 0.483. The van der Waals surface area contributed by atoms with E-state index >= 15 is 0 Å². The van der Waals surface area contributed by atoms with Crippen LogP contribution in [0, 0.1) is 3.57 Å². The number of amides is 1. The fourth-order valence-corrected chi connectivity index (χ4v) is 3.60. The highest BCUT2D eigenvalue weighted by molar-refractivity contribution is 14.1. The summed E-state index contributed by atoms with van der Waals surface area (Å²) in [6, 6.07) is 9.95. The van der Waals surface area contributed by atoms with Crippen molar-refractivity contribution in [2.45, 2.75) is 29.7 Å². The Labute approximate surface area is 182 Å². The number of nitrogens with one attached hydrogen (secondary N) is 1. The number of alkyl halides is 3. The van der Waals surface area contributed by atoms with Gasteiger partial charge in [0.2, 0.25) is 11.1 Å². The average Bonchev–Trinajstić information content (AvgIpc) is 3.04. The van der Waals surface area contributed by atoms with Gasteiger partial charge in [0.15, 0.2) is 0 Å². The number of hydrogen-bond acceptors (Lipinski definition) is 5. The van der Waals surface area contributed by atoms with Gasteiger partial charge in [-0.15, -0.1) is 10.2 Å². The molecule has 0 aliphatic heterocycles. The zero-order chi connectivity index (χ0) is 21.0. The second kappa shape index (κ2) is 9.11. The van der Waals surface area contributed by atoms with Crippen molar-refractivity contribution in [1.82, 2.24) is 25.1 Å². The van der Waals surface area contributed by atoms with Gasteiger partial charge in [-0.2, -0.15) is 13.2 Å². The second-order valence-electron chi connectivity index (χ2n) is 5.93. The van der Waals surface area contributed by atoms with Crippen LogP contribution in [0.4, 0.5) is 13.2 Å². The summed E-state index contributed by atoms with van der Waals surface area (Å²) in [5.74, 6) is 0.475. The summed E-state index contributed by atoms with van der Waals surface area (Å²) in [7, 11) is 0. The number of pyridine rings is 1. The molecule has 11 heteroatoms. The van der Waals surface area contributed by atoms with E-state index in [1.165, 1.54) is 13.0 Å². The average molecular weight is 533 g/mol. The molecule has 0 unspecified atom stereocenters. The number of hydrogen-bond donors (Lipinski definition) is 1. The smallest absolute Gasteiger partial charge is 0.356 e. The summed E-state index contributed by atoms with van der Waals surface area (Å²) in [5.41, 5.74) is -0.000370. The Balaban J connectivity index is 1.90. The topological polar surface area (TPSA) is 72.7 Å². The minimum atomic E-state index is -4.44. The molecule has 152 valence electrons. The first-order valence-electron chi connectivity index (χ1n) is 8.40. The van der Waals surface area contributed by atoms with Crippen LogP contribution in [0.15, 0.2) is 52.8 Å². The molecular formula is C18H15F3IN5OS. The van der Waals surface area contributed by atoms with E-state index in [0.29, 0.717) is 29.0 Å². The lowest BCUT2D eigenvalue weighted by Gasteiger charge is -2.11. The maximum Gasteiger partial charge on any atom is 0.417 e. The number of aromatic nitrogens is 4. The first kappa shape index (κ1) is 21.6. The highest BCUT2D eigenvalue weighted by atomic mass is 127. The molecule has 0 fully saturated rings. The van der Waals surface area contributed by atoms with Crippen molar-refractivity contribution in [3.63, 3.8) is 0 Å². The van der Waals surface area contributed by atoms with Crippen molar-refractivity contribution in [2.24, 2.45) is 0 Å². The van der Waals surface area contributed by atoms with Crippen LogP contribution < -0.4 is 5.32 Å². The first-order valence-corrected chi connectivity index (χ1v) is 10.3. The van der Waals surface area contributed by atoms with E-state index < -0.39 is 11.7 Å². The van der Waals surface area contributed by atoms with Crippen molar-refractivity contribution in [2.75, 3.05) is 6.54 Å². The van der Waals surface area contributed by atoms with Gasteiger partial charge in [-0.1, -0.05) is 0 Å². The Morgan fingerprint density at radius 3 is 2.48 bits per heavy atom. The van der Waals surface area contributed by atoms with Crippen LogP contribution in [-0.4, -0.2) is 32.2 Å². The first-order chi connectivity index (χ1) is 13.7. The molecule has 2 heterocycles. The van der Waals surface area contributed by atoms with E-state index in [1.807, 2.05) is 28.8 Å². The number of benzene rings is 1. The van der Waals surface area contributed by atoms with Gasteiger partial charge in [0.1, 0.15) is 10.9 Å². The molecule has 3 rings (SSSR count). The Hall–Kier alpha value is -2.15. The van der Waals surface area contributed by atoms with Gasteiger partial charge in [-0.3, -0.25) is 9.36 Å². The number of carbonyl (C=O) groups excluding carboxylic acids is 1. The van der Waals surface area contributed by atoms with E-state index in [4.69, 9.17) is 0 Å². The molecule has 0 bridgehead atoms. The molecule has 2 aromatic heterocycles. The normalized spacial score (nSPS) is 11.5. The van der Waals surface area contributed by atoms with Crippen LogP contribution in [0.3, 0.4) is 0 Å². The fraction of sp³-hybridized carbons (Fsp3) is 0.222. The molecule has 1 aromatic carbocycles. The van der Waals surface area contributed by atoms with Crippen LogP contribution in [0.1, 0.15) is 18.3 Å².